The Hall–Kier alpha value is -0.540. The van der Waals surface area contributed by atoms with E-state index in [-0.39, 0.29) is 3.89 Å². The predicted octanol–water partition coefficient (Wildman–Crippen LogP) is -0.0710. The first kappa shape index (κ1) is 18.5. The largest absolute Gasteiger partial charge is 0.756 e. The molecule has 0 fully saturated rings. The molecule has 0 aromatic heterocycles. The van der Waals surface area contributed by atoms with Crippen LogP contribution in [0, 0.1) is 0 Å². The minimum absolute atomic E-state index is 0.315. The van der Waals surface area contributed by atoms with Gasteiger partial charge in [-0.05, 0) is 18.6 Å². The Labute approximate surface area is 112 Å². The van der Waals surface area contributed by atoms with Gasteiger partial charge in [0.2, 0.25) is 0 Å². The topological polar surface area (TPSA) is 135 Å². The van der Waals surface area contributed by atoms with Crippen molar-refractivity contribution in [3.05, 3.63) is 24.4 Å². The molecule has 0 radical (unpaired) electrons. The van der Waals surface area contributed by atoms with Gasteiger partial charge in [0.05, 0.1) is 6.54 Å². The van der Waals surface area contributed by atoms with Gasteiger partial charge in [0.1, 0.15) is 12.7 Å². The third kappa shape index (κ3) is 7.58. The van der Waals surface area contributed by atoms with Gasteiger partial charge in [-0.2, -0.15) is 3.89 Å². The highest BCUT2D eigenvalue weighted by molar-refractivity contribution is 7.80. The summed E-state index contributed by atoms with van der Waals surface area (Å²) in [7, 11) is -8.95. The maximum absolute atomic E-state index is 11.3. The van der Waals surface area contributed by atoms with Gasteiger partial charge in [-0.25, -0.2) is 4.55 Å². The van der Waals surface area contributed by atoms with Crippen LogP contribution >= 0.6 is 7.82 Å². The zero-order valence-electron chi connectivity index (χ0n) is 10.4. The van der Waals surface area contributed by atoms with Crippen molar-refractivity contribution in [1.82, 2.24) is 0 Å². The molecule has 10 heteroatoms. The fraction of sp³-hybridized carbons (Fsp3) is 0.556. The van der Waals surface area contributed by atoms with Crippen LogP contribution in [0.1, 0.15) is 19.8 Å². The number of rotatable bonds is 4. The summed E-state index contributed by atoms with van der Waals surface area (Å²) in [6, 6.07) is 0. The lowest BCUT2D eigenvalue weighted by Crippen LogP contribution is -2.49. The minimum Gasteiger partial charge on any atom is -0.756 e. The van der Waals surface area contributed by atoms with Gasteiger partial charge >= 0.3 is 10.3 Å². The van der Waals surface area contributed by atoms with E-state index in [0.717, 1.165) is 12.8 Å². The summed E-state index contributed by atoms with van der Waals surface area (Å²) in [6.45, 7) is 2.73. The zero-order chi connectivity index (χ0) is 15.2. The summed E-state index contributed by atoms with van der Waals surface area (Å²) in [5, 5.41) is 0. The predicted molar refractivity (Wildman–Crippen MR) is 66.8 cm³/mol. The van der Waals surface area contributed by atoms with Crippen molar-refractivity contribution in [3.63, 3.8) is 0 Å². The molecule has 0 aromatic carbocycles. The molecule has 1 rings (SSSR count). The monoisotopic (exact) mass is 315 g/mol. The van der Waals surface area contributed by atoms with Crippen molar-refractivity contribution < 1.29 is 36.1 Å². The second kappa shape index (κ2) is 7.30. The molecule has 0 saturated carbocycles. The Morgan fingerprint density at radius 2 is 1.89 bits per heavy atom. The summed E-state index contributed by atoms with van der Waals surface area (Å²) in [6.07, 6.45) is 8.42. The fourth-order valence-electron chi connectivity index (χ4n) is 1.46. The SMILES string of the molecule is CCCC[N+]1(S(=O)(=O)O)C=CC=CC1.O=P([O-])(O)O. The highest BCUT2D eigenvalue weighted by atomic mass is 32.2. The molecule has 112 valence electrons. The minimum atomic E-state index is -4.89. The third-order valence-corrected chi connectivity index (χ3v) is 3.74. The average molecular weight is 315 g/mol. The van der Waals surface area contributed by atoms with E-state index in [1.807, 2.05) is 6.92 Å². The van der Waals surface area contributed by atoms with Crippen LogP contribution in [0.3, 0.4) is 0 Å². The van der Waals surface area contributed by atoms with Crippen molar-refractivity contribution >= 4 is 18.1 Å². The summed E-state index contributed by atoms with van der Waals surface area (Å²) in [5.41, 5.74) is 0. The van der Waals surface area contributed by atoms with Crippen LogP contribution < -0.4 is 4.89 Å². The maximum atomic E-state index is 11.3. The number of quaternary nitrogens is 1. The first-order chi connectivity index (χ1) is 8.52. The number of hydrogen-bond donors (Lipinski definition) is 3. The van der Waals surface area contributed by atoms with Crippen LogP contribution in [0.2, 0.25) is 0 Å². The Balaban J connectivity index is 0.000000555. The van der Waals surface area contributed by atoms with E-state index in [2.05, 4.69) is 0 Å². The molecule has 0 aromatic rings. The summed E-state index contributed by atoms with van der Waals surface area (Å²) < 4.78 is 40.1. The Morgan fingerprint density at radius 3 is 2.21 bits per heavy atom. The molecule has 0 bridgehead atoms. The van der Waals surface area contributed by atoms with Crippen molar-refractivity contribution in [2.45, 2.75) is 19.8 Å². The van der Waals surface area contributed by atoms with Gasteiger partial charge in [-0.1, -0.05) is 19.4 Å². The second-order valence-corrected chi connectivity index (χ2v) is 6.52. The Bertz CT molecular complexity index is 473. The van der Waals surface area contributed by atoms with E-state index in [9.17, 15) is 13.0 Å². The number of hydrogen-bond acceptors (Lipinski definition) is 4. The van der Waals surface area contributed by atoms with Crippen molar-refractivity contribution in [2.75, 3.05) is 13.1 Å². The normalized spacial score (nSPS) is 22.8. The van der Waals surface area contributed by atoms with E-state index in [1.165, 1.54) is 6.20 Å². The quantitative estimate of drug-likeness (QED) is 0.375. The van der Waals surface area contributed by atoms with E-state index in [0.29, 0.717) is 13.1 Å². The Kier molecular flexibility index (Phi) is 7.09. The lowest BCUT2D eigenvalue weighted by Gasteiger charge is -2.30. The second-order valence-electron chi connectivity index (χ2n) is 3.92. The molecule has 1 atom stereocenters. The lowest BCUT2D eigenvalue weighted by atomic mass is 10.3. The first-order valence-electron chi connectivity index (χ1n) is 5.47. The first-order valence-corrected chi connectivity index (χ1v) is 8.40. The molecule has 1 aliphatic heterocycles. The molecule has 0 spiro atoms. The smallest absolute Gasteiger partial charge is 0.437 e. The fourth-order valence-corrected chi connectivity index (χ4v) is 2.32. The van der Waals surface area contributed by atoms with Gasteiger partial charge in [0.15, 0.2) is 0 Å². The maximum Gasteiger partial charge on any atom is 0.437 e. The van der Waals surface area contributed by atoms with Gasteiger partial charge < -0.3 is 14.7 Å². The van der Waals surface area contributed by atoms with Crippen LogP contribution in [0.25, 0.3) is 0 Å². The molecule has 0 saturated heterocycles. The van der Waals surface area contributed by atoms with Gasteiger partial charge in [-0.3, -0.25) is 4.57 Å². The standard InChI is InChI=1S/C9H15NO3S.H3O4P/c1-2-3-7-10(14(11,12)13)8-5-4-6-9-10;1-5(2,3)4/h4-6,8H,2-3,7,9H2,1H3;(H3,1,2,3,4). The average Bonchev–Trinajstić information content (AvgIpc) is 2.24. The van der Waals surface area contributed by atoms with Crippen LogP contribution in [0.5, 0.6) is 0 Å². The van der Waals surface area contributed by atoms with E-state index < -0.39 is 18.1 Å². The molecular weight excluding hydrogens is 297 g/mol. The summed E-state index contributed by atoms with van der Waals surface area (Å²) in [4.78, 5) is 22.9. The molecule has 0 amide bonds. The molecule has 8 nitrogen and oxygen atoms in total. The van der Waals surface area contributed by atoms with Crippen molar-refractivity contribution in [1.29, 1.82) is 0 Å². The van der Waals surface area contributed by atoms with Gasteiger partial charge in [-0.15, -0.1) is 8.42 Å². The van der Waals surface area contributed by atoms with E-state index in [4.69, 9.17) is 19.2 Å². The number of unbranched alkanes of at least 4 members (excludes halogenated alkanes) is 1. The van der Waals surface area contributed by atoms with Crippen LogP contribution in [-0.2, 0) is 14.9 Å². The third-order valence-electron chi connectivity index (χ3n) is 2.37. The molecule has 0 aliphatic carbocycles. The van der Waals surface area contributed by atoms with E-state index in [1.54, 1.807) is 18.2 Å². The van der Waals surface area contributed by atoms with Gasteiger partial charge in [0, 0.05) is 0 Å². The molecule has 1 unspecified atom stereocenters. The number of allylic oxidation sites excluding steroid dienone is 2. The number of phosphoric acid groups is 1. The molecule has 19 heavy (non-hydrogen) atoms. The molecule has 3 N–H and O–H groups in total. The molecular formula is C9H18NO7PS. The van der Waals surface area contributed by atoms with Crippen LogP contribution in [-0.4, -0.2) is 39.7 Å². The van der Waals surface area contributed by atoms with Crippen LogP contribution in [0.4, 0.5) is 0 Å². The Morgan fingerprint density at radius 1 is 1.37 bits per heavy atom. The highest BCUT2D eigenvalue weighted by Crippen LogP contribution is 2.20. The molecule has 1 aliphatic rings. The summed E-state index contributed by atoms with van der Waals surface area (Å²) in [5.74, 6) is 0. The number of nitrogens with zero attached hydrogens (tertiary/aromatic N) is 1. The van der Waals surface area contributed by atoms with Crippen molar-refractivity contribution in [3.8, 4) is 0 Å². The zero-order valence-corrected chi connectivity index (χ0v) is 12.1. The van der Waals surface area contributed by atoms with E-state index >= 15 is 0 Å². The summed E-state index contributed by atoms with van der Waals surface area (Å²) >= 11 is 0. The van der Waals surface area contributed by atoms with Gasteiger partial charge in [0.25, 0.3) is 7.82 Å². The molecule has 1 heterocycles. The lowest BCUT2D eigenvalue weighted by molar-refractivity contribution is -0.751. The van der Waals surface area contributed by atoms with Crippen molar-refractivity contribution in [2.24, 2.45) is 0 Å². The van der Waals surface area contributed by atoms with Crippen LogP contribution in [0.15, 0.2) is 24.4 Å². The highest BCUT2D eigenvalue weighted by Gasteiger charge is 2.38.